The van der Waals surface area contributed by atoms with E-state index in [-0.39, 0.29) is 4.91 Å². The van der Waals surface area contributed by atoms with E-state index in [1.54, 1.807) is 0 Å². The summed E-state index contributed by atoms with van der Waals surface area (Å²) in [6, 6.07) is 2.85. The van der Waals surface area contributed by atoms with Gasteiger partial charge in [0.05, 0.1) is 10.5 Å². The van der Waals surface area contributed by atoms with Gasteiger partial charge in [-0.2, -0.15) is 0 Å². The summed E-state index contributed by atoms with van der Waals surface area (Å²) >= 11 is 0.462. The molecule has 0 saturated carbocycles. The second kappa shape index (κ2) is 5.16. The van der Waals surface area contributed by atoms with E-state index in [1.807, 2.05) is 5.32 Å². The van der Waals surface area contributed by atoms with Crippen molar-refractivity contribution in [1.82, 2.24) is 5.32 Å². The summed E-state index contributed by atoms with van der Waals surface area (Å²) in [5.41, 5.74) is -0.558. The van der Waals surface area contributed by atoms with E-state index >= 15 is 0 Å². The van der Waals surface area contributed by atoms with Crippen molar-refractivity contribution in [3.8, 4) is 5.75 Å². The molecule has 0 bridgehead atoms. The zero-order chi connectivity index (χ0) is 14.9. The van der Waals surface area contributed by atoms with Crippen LogP contribution in [0.15, 0.2) is 23.1 Å². The zero-order valence-electron chi connectivity index (χ0n) is 9.45. The van der Waals surface area contributed by atoms with Crippen molar-refractivity contribution >= 4 is 29.0 Å². The monoisotopic (exact) mass is 307 g/mol. The van der Waals surface area contributed by atoms with Crippen molar-refractivity contribution < 1.29 is 31.9 Å². The highest BCUT2D eigenvalue weighted by molar-refractivity contribution is 8.18. The molecule has 9 heteroatoms. The second-order valence-electron chi connectivity index (χ2n) is 3.55. The van der Waals surface area contributed by atoms with Gasteiger partial charge in [-0.05, 0) is 30.0 Å². The van der Waals surface area contributed by atoms with Crippen molar-refractivity contribution in [2.45, 2.75) is 6.36 Å². The van der Waals surface area contributed by atoms with Gasteiger partial charge in [-0.1, -0.05) is 6.07 Å². The molecule has 1 heterocycles. The molecule has 4 nitrogen and oxygen atoms in total. The predicted molar refractivity (Wildman–Crippen MR) is 62.2 cm³/mol. The molecule has 1 aromatic rings. The standard InChI is InChI=1S/C11H5F4NO3S/c12-6-2-1-3-7(19-11(13,14)15)5(6)4-8-9(17)16-10(18)20-8/h1-4H,(H,16,17,18). The molecular weight excluding hydrogens is 302 g/mol. The summed E-state index contributed by atoms with van der Waals surface area (Å²) in [5, 5.41) is 1.22. The number of halogens is 4. The highest BCUT2D eigenvalue weighted by Crippen LogP contribution is 2.33. The fraction of sp³-hybridized carbons (Fsp3) is 0.0909. The van der Waals surface area contributed by atoms with Crippen LogP contribution in [-0.2, 0) is 4.79 Å². The Bertz CT molecular complexity index is 612. The number of thioether (sulfide) groups is 1. The van der Waals surface area contributed by atoms with E-state index in [4.69, 9.17) is 0 Å². The third kappa shape index (κ3) is 3.29. The van der Waals surface area contributed by atoms with Crippen LogP contribution in [0.2, 0.25) is 0 Å². The third-order valence-corrected chi connectivity index (χ3v) is 2.97. The molecule has 1 saturated heterocycles. The van der Waals surface area contributed by atoms with E-state index < -0.39 is 34.6 Å². The molecule has 0 aliphatic carbocycles. The topological polar surface area (TPSA) is 55.4 Å². The molecule has 1 aliphatic heterocycles. The molecule has 0 spiro atoms. The van der Waals surface area contributed by atoms with Crippen molar-refractivity contribution in [2.24, 2.45) is 0 Å². The van der Waals surface area contributed by atoms with Gasteiger partial charge in [-0.25, -0.2) is 4.39 Å². The maximum absolute atomic E-state index is 13.6. The number of benzene rings is 1. The molecule has 1 aliphatic rings. The van der Waals surface area contributed by atoms with Gasteiger partial charge in [0.2, 0.25) is 0 Å². The molecule has 1 fully saturated rings. The van der Waals surface area contributed by atoms with Gasteiger partial charge in [0, 0.05) is 0 Å². The first-order valence-electron chi connectivity index (χ1n) is 5.05. The SMILES string of the molecule is O=C1NC(=O)C(=Cc2c(F)cccc2OC(F)(F)F)S1. The Morgan fingerprint density at radius 2 is 1.95 bits per heavy atom. The van der Waals surface area contributed by atoms with Gasteiger partial charge in [0.15, 0.2) is 0 Å². The molecule has 0 radical (unpaired) electrons. The molecule has 0 atom stereocenters. The van der Waals surface area contributed by atoms with Gasteiger partial charge in [-0.3, -0.25) is 14.9 Å². The third-order valence-electron chi connectivity index (χ3n) is 2.16. The summed E-state index contributed by atoms with van der Waals surface area (Å²) in [6.45, 7) is 0. The van der Waals surface area contributed by atoms with Crippen molar-refractivity contribution in [3.05, 3.63) is 34.5 Å². The number of rotatable bonds is 2. The lowest BCUT2D eigenvalue weighted by Gasteiger charge is -2.11. The van der Waals surface area contributed by atoms with Crippen molar-refractivity contribution in [2.75, 3.05) is 0 Å². The first-order chi connectivity index (χ1) is 9.26. The Hall–Kier alpha value is -2.03. The van der Waals surface area contributed by atoms with Gasteiger partial charge in [-0.15, -0.1) is 13.2 Å². The average molecular weight is 307 g/mol. The van der Waals surface area contributed by atoms with Crippen LogP contribution in [0.4, 0.5) is 22.4 Å². The number of imide groups is 1. The molecule has 2 rings (SSSR count). The quantitative estimate of drug-likeness (QED) is 0.674. The van der Waals surface area contributed by atoms with Crippen LogP contribution in [-0.4, -0.2) is 17.5 Å². The lowest BCUT2D eigenvalue weighted by atomic mass is 10.1. The zero-order valence-corrected chi connectivity index (χ0v) is 10.3. The molecule has 106 valence electrons. The first-order valence-corrected chi connectivity index (χ1v) is 5.87. The maximum Gasteiger partial charge on any atom is 0.573 e. The number of hydrogen-bond acceptors (Lipinski definition) is 4. The van der Waals surface area contributed by atoms with Crippen LogP contribution in [0, 0.1) is 5.82 Å². The van der Waals surface area contributed by atoms with E-state index in [0.29, 0.717) is 11.8 Å². The number of hydrogen-bond donors (Lipinski definition) is 1. The molecule has 1 N–H and O–H groups in total. The second-order valence-corrected chi connectivity index (χ2v) is 4.57. The molecule has 1 aromatic carbocycles. The molecular formula is C11H5F4NO3S. The lowest BCUT2D eigenvalue weighted by molar-refractivity contribution is -0.274. The predicted octanol–water partition coefficient (Wildman–Crippen LogP) is 3.05. The fourth-order valence-corrected chi connectivity index (χ4v) is 2.09. The Balaban J connectivity index is 2.43. The minimum atomic E-state index is -5.00. The average Bonchev–Trinajstić information content (AvgIpc) is 2.60. The van der Waals surface area contributed by atoms with Gasteiger partial charge in [0.25, 0.3) is 11.1 Å². The first kappa shape index (κ1) is 14.4. The summed E-state index contributed by atoms with van der Waals surface area (Å²) in [6.07, 6.45) is -4.16. The normalized spacial score (nSPS) is 17.5. The summed E-state index contributed by atoms with van der Waals surface area (Å²) < 4.78 is 53.9. The largest absolute Gasteiger partial charge is 0.573 e. The summed E-state index contributed by atoms with van der Waals surface area (Å²) in [5.74, 6) is -2.61. The minimum Gasteiger partial charge on any atom is -0.405 e. The van der Waals surface area contributed by atoms with E-state index in [0.717, 1.165) is 24.3 Å². The van der Waals surface area contributed by atoms with Crippen LogP contribution in [0.25, 0.3) is 6.08 Å². The highest BCUT2D eigenvalue weighted by Gasteiger charge is 2.33. The van der Waals surface area contributed by atoms with Crippen LogP contribution < -0.4 is 10.1 Å². The van der Waals surface area contributed by atoms with Crippen molar-refractivity contribution in [3.63, 3.8) is 0 Å². The lowest BCUT2D eigenvalue weighted by Crippen LogP contribution is -2.18. The number of alkyl halides is 3. The number of amides is 2. The Labute approximate surface area is 113 Å². The highest BCUT2D eigenvalue weighted by atomic mass is 32.2. The van der Waals surface area contributed by atoms with E-state index in [1.165, 1.54) is 0 Å². The number of carbonyl (C=O) groups is 2. The van der Waals surface area contributed by atoms with E-state index in [2.05, 4.69) is 4.74 Å². The van der Waals surface area contributed by atoms with Crippen LogP contribution in [0.3, 0.4) is 0 Å². The number of carbonyl (C=O) groups excluding carboxylic acids is 2. The Morgan fingerprint density at radius 3 is 2.50 bits per heavy atom. The van der Waals surface area contributed by atoms with Crippen LogP contribution >= 0.6 is 11.8 Å². The van der Waals surface area contributed by atoms with Gasteiger partial charge < -0.3 is 4.74 Å². The van der Waals surface area contributed by atoms with Gasteiger partial charge >= 0.3 is 6.36 Å². The minimum absolute atomic E-state index is 0.216. The number of ether oxygens (including phenoxy) is 1. The molecule has 2 amide bonds. The summed E-state index contributed by atoms with van der Waals surface area (Å²) in [7, 11) is 0. The van der Waals surface area contributed by atoms with Crippen LogP contribution in [0.5, 0.6) is 5.75 Å². The maximum atomic E-state index is 13.6. The summed E-state index contributed by atoms with van der Waals surface area (Å²) in [4.78, 5) is 22.0. The molecule has 0 unspecified atom stereocenters. The smallest absolute Gasteiger partial charge is 0.405 e. The van der Waals surface area contributed by atoms with Crippen LogP contribution in [0.1, 0.15) is 5.56 Å². The Kier molecular flexibility index (Phi) is 3.71. The Morgan fingerprint density at radius 1 is 1.25 bits per heavy atom. The molecule has 0 aromatic heterocycles. The van der Waals surface area contributed by atoms with Crippen molar-refractivity contribution in [1.29, 1.82) is 0 Å². The van der Waals surface area contributed by atoms with Gasteiger partial charge in [0.1, 0.15) is 11.6 Å². The fourth-order valence-electron chi connectivity index (χ4n) is 1.42. The number of nitrogens with one attached hydrogen (secondary N) is 1. The molecule has 20 heavy (non-hydrogen) atoms. The van der Waals surface area contributed by atoms with E-state index in [9.17, 15) is 27.2 Å².